The first-order valence-electron chi connectivity index (χ1n) is 7.86. The molecule has 23 heavy (non-hydrogen) atoms. The van der Waals surface area contributed by atoms with Gasteiger partial charge < -0.3 is 5.73 Å². The molecule has 0 saturated carbocycles. The number of carbonyl (C=O) groups is 1. The number of primary amides is 1. The van der Waals surface area contributed by atoms with Crippen molar-refractivity contribution in [3.05, 3.63) is 54.0 Å². The predicted molar refractivity (Wildman–Crippen MR) is 87.2 cm³/mol. The topological polar surface area (TPSA) is 59.2 Å². The van der Waals surface area contributed by atoms with Crippen molar-refractivity contribution in [2.24, 2.45) is 5.73 Å². The van der Waals surface area contributed by atoms with Gasteiger partial charge in [-0.05, 0) is 43.7 Å². The highest BCUT2D eigenvalue weighted by atomic mass is 19.1. The Hall–Kier alpha value is -2.27. The van der Waals surface area contributed by atoms with E-state index in [2.05, 4.69) is 9.88 Å². The van der Waals surface area contributed by atoms with E-state index in [0.717, 1.165) is 31.6 Å². The number of halogens is 1. The van der Waals surface area contributed by atoms with Gasteiger partial charge in [-0.15, -0.1) is 0 Å². The molecule has 1 amide bonds. The third-order valence-electron chi connectivity index (χ3n) is 4.22. The van der Waals surface area contributed by atoms with E-state index >= 15 is 0 Å². The van der Waals surface area contributed by atoms with Gasteiger partial charge in [-0.25, -0.2) is 4.39 Å². The highest BCUT2D eigenvalue weighted by Crippen LogP contribution is 2.28. The molecule has 4 nitrogen and oxygen atoms in total. The number of nitrogens with two attached hydrogens (primary N) is 1. The van der Waals surface area contributed by atoms with E-state index < -0.39 is 0 Å². The molecule has 5 heteroatoms. The van der Waals surface area contributed by atoms with Gasteiger partial charge in [0.1, 0.15) is 5.82 Å². The zero-order valence-electron chi connectivity index (χ0n) is 12.9. The van der Waals surface area contributed by atoms with E-state index in [9.17, 15) is 9.18 Å². The molecule has 0 aliphatic carbocycles. The monoisotopic (exact) mass is 313 g/mol. The van der Waals surface area contributed by atoms with Crippen LogP contribution in [0.4, 0.5) is 4.39 Å². The van der Waals surface area contributed by atoms with Gasteiger partial charge in [0.25, 0.3) is 0 Å². The largest absolute Gasteiger partial charge is 0.369 e. The van der Waals surface area contributed by atoms with E-state index in [4.69, 9.17) is 5.73 Å². The van der Waals surface area contributed by atoms with Crippen molar-refractivity contribution in [3.63, 3.8) is 0 Å². The fourth-order valence-corrected chi connectivity index (χ4v) is 3.16. The van der Waals surface area contributed by atoms with Crippen molar-refractivity contribution in [2.45, 2.75) is 18.8 Å². The fourth-order valence-electron chi connectivity index (χ4n) is 3.16. The molecular formula is C18H20FN3O. The number of hydrogen-bond acceptors (Lipinski definition) is 3. The Balaban J connectivity index is 1.82. The summed E-state index contributed by atoms with van der Waals surface area (Å²) >= 11 is 0. The molecular weight excluding hydrogens is 293 g/mol. The van der Waals surface area contributed by atoms with Crippen LogP contribution in [-0.4, -0.2) is 35.4 Å². The second-order valence-electron chi connectivity index (χ2n) is 5.97. The number of nitrogens with zero attached hydrogens (tertiary/aromatic N) is 2. The summed E-state index contributed by atoms with van der Waals surface area (Å²) in [5.74, 6) is -0.329. The first-order chi connectivity index (χ1) is 11.1. The Morgan fingerprint density at radius 3 is 2.87 bits per heavy atom. The van der Waals surface area contributed by atoms with Crippen LogP contribution in [0.3, 0.4) is 0 Å². The van der Waals surface area contributed by atoms with Gasteiger partial charge in [-0.2, -0.15) is 0 Å². The van der Waals surface area contributed by atoms with Crippen molar-refractivity contribution < 1.29 is 9.18 Å². The molecule has 2 N–H and O–H groups in total. The summed E-state index contributed by atoms with van der Waals surface area (Å²) in [6.07, 6.45) is 2.02. The Labute approximate surface area is 135 Å². The van der Waals surface area contributed by atoms with Crippen LogP contribution >= 0.6 is 0 Å². The second kappa shape index (κ2) is 6.87. The summed E-state index contributed by atoms with van der Waals surface area (Å²) in [5.41, 5.74) is 7.39. The van der Waals surface area contributed by atoms with Crippen molar-refractivity contribution >= 4 is 5.91 Å². The van der Waals surface area contributed by atoms with Crippen LogP contribution in [0.2, 0.25) is 0 Å². The van der Waals surface area contributed by atoms with Gasteiger partial charge in [0.05, 0.1) is 12.2 Å². The molecule has 1 fully saturated rings. The summed E-state index contributed by atoms with van der Waals surface area (Å²) in [7, 11) is 0. The van der Waals surface area contributed by atoms with Crippen LogP contribution in [0.25, 0.3) is 11.3 Å². The number of carbonyl (C=O) groups excluding carboxylic acids is 1. The summed E-state index contributed by atoms with van der Waals surface area (Å²) in [5, 5.41) is 0. The number of pyridine rings is 1. The van der Waals surface area contributed by atoms with Gasteiger partial charge in [0, 0.05) is 23.7 Å². The van der Waals surface area contributed by atoms with E-state index in [1.807, 2.05) is 24.3 Å². The molecule has 2 aromatic rings. The molecule has 1 aromatic carbocycles. The third kappa shape index (κ3) is 3.74. The maximum Gasteiger partial charge on any atom is 0.231 e. The van der Waals surface area contributed by atoms with Gasteiger partial charge in [-0.1, -0.05) is 18.2 Å². The van der Waals surface area contributed by atoms with Crippen LogP contribution in [0.15, 0.2) is 42.5 Å². The summed E-state index contributed by atoms with van der Waals surface area (Å²) in [6, 6.07) is 12.4. The van der Waals surface area contributed by atoms with Crippen molar-refractivity contribution in [3.8, 4) is 11.3 Å². The highest BCUT2D eigenvalue weighted by molar-refractivity contribution is 5.75. The van der Waals surface area contributed by atoms with Crippen LogP contribution in [0.5, 0.6) is 0 Å². The first-order valence-corrected chi connectivity index (χ1v) is 7.86. The van der Waals surface area contributed by atoms with Crippen LogP contribution in [-0.2, 0) is 4.79 Å². The third-order valence-corrected chi connectivity index (χ3v) is 4.22. The summed E-state index contributed by atoms with van der Waals surface area (Å²) < 4.78 is 14.0. The Morgan fingerprint density at radius 1 is 1.26 bits per heavy atom. The molecule has 1 saturated heterocycles. The van der Waals surface area contributed by atoms with Crippen LogP contribution in [0, 0.1) is 5.82 Å². The average molecular weight is 313 g/mol. The van der Waals surface area contributed by atoms with E-state index in [0.29, 0.717) is 11.3 Å². The maximum absolute atomic E-state index is 14.0. The molecule has 1 aliphatic heterocycles. The van der Waals surface area contributed by atoms with E-state index in [1.54, 1.807) is 12.1 Å². The summed E-state index contributed by atoms with van der Waals surface area (Å²) in [6.45, 7) is 1.92. The van der Waals surface area contributed by atoms with Crippen LogP contribution in [0.1, 0.15) is 24.5 Å². The average Bonchev–Trinajstić information content (AvgIpc) is 2.55. The molecule has 1 unspecified atom stereocenters. The predicted octanol–water partition coefficient (Wildman–Crippen LogP) is 2.55. The van der Waals surface area contributed by atoms with Crippen molar-refractivity contribution in [2.75, 3.05) is 19.6 Å². The Morgan fingerprint density at radius 2 is 2.09 bits per heavy atom. The number of benzene rings is 1. The molecule has 1 atom stereocenters. The van der Waals surface area contributed by atoms with Gasteiger partial charge in [0.15, 0.2) is 0 Å². The van der Waals surface area contributed by atoms with Crippen molar-refractivity contribution in [1.29, 1.82) is 0 Å². The zero-order valence-corrected chi connectivity index (χ0v) is 12.9. The lowest BCUT2D eigenvalue weighted by atomic mass is 9.94. The number of hydrogen-bond donors (Lipinski definition) is 1. The van der Waals surface area contributed by atoms with Crippen LogP contribution < -0.4 is 5.73 Å². The quantitative estimate of drug-likeness (QED) is 0.943. The van der Waals surface area contributed by atoms with Gasteiger partial charge in [-0.3, -0.25) is 14.7 Å². The normalized spacial score (nSPS) is 18.7. The number of amides is 1. The molecule has 2 heterocycles. The molecule has 0 bridgehead atoms. The Kier molecular flexibility index (Phi) is 4.67. The molecule has 1 aromatic heterocycles. The number of piperidine rings is 1. The fraction of sp³-hybridized carbons (Fsp3) is 0.333. The molecule has 120 valence electrons. The maximum atomic E-state index is 14.0. The molecule has 3 rings (SSSR count). The SMILES string of the molecule is NC(=O)CN1CCCC(c2cccc(-c3ccccc3F)n2)C1. The lowest BCUT2D eigenvalue weighted by Gasteiger charge is -2.31. The minimum Gasteiger partial charge on any atom is -0.369 e. The molecule has 0 radical (unpaired) electrons. The smallest absolute Gasteiger partial charge is 0.231 e. The molecule has 0 spiro atoms. The molecule has 1 aliphatic rings. The van der Waals surface area contributed by atoms with E-state index in [-0.39, 0.29) is 24.2 Å². The van der Waals surface area contributed by atoms with E-state index in [1.165, 1.54) is 6.07 Å². The Bertz CT molecular complexity index is 704. The number of aromatic nitrogens is 1. The number of rotatable bonds is 4. The minimum atomic E-state index is -0.307. The zero-order chi connectivity index (χ0) is 16.2. The lowest BCUT2D eigenvalue weighted by Crippen LogP contribution is -2.40. The lowest BCUT2D eigenvalue weighted by molar-refractivity contribution is -0.119. The standard InChI is InChI=1S/C18H20FN3O/c19-15-7-2-1-6-14(15)17-9-3-8-16(21-17)13-5-4-10-22(11-13)12-18(20)23/h1-3,6-9,13H,4-5,10-12H2,(H2,20,23). The first kappa shape index (κ1) is 15.6. The van der Waals surface area contributed by atoms with Gasteiger partial charge >= 0.3 is 0 Å². The number of likely N-dealkylation sites (tertiary alicyclic amines) is 1. The highest BCUT2D eigenvalue weighted by Gasteiger charge is 2.23. The van der Waals surface area contributed by atoms with Crippen molar-refractivity contribution in [1.82, 2.24) is 9.88 Å². The van der Waals surface area contributed by atoms with Gasteiger partial charge in [0.2, 0.25) is 5.91 Å². The second-order valence-corrected chi connectivity index (χ2v) is 5.97. The summed E-state index contributed by atoms with van der Waals surface area (Å²) in [4.78, 5) is 17.8. The minimum absolute atomic E-state index is 0.245.